The van der Waals surface area contributed by atoms with Gasteiger partial charge >= 0.3 is 0 Å². The molecule has 0 atom stereocenters. The van der Waals surface area contributed by atoms with E-state index in [-0.39, 0.29) is 11.8 Å². The van der Waals surface area contributed by atoms with Crippen LogP contribution >= 0.6 is 0 Å². The zero-order valence-corrected chi connectivity index (χ0v) is 6.84. The smallest absolute Gasteiger partial charge is 0.266 e. The number of carbonyl (C=O) groups excluding carboxylic acids is 2. The second-order valence-electron chi connectivity index (χ2n) is 2.20. The maximum absolute atomic E-state index is 10.2. The topological polar surface area (TPSA) is 83.6 Å². The minimum absolute atomic E-state index is 0.222. The Morgan fingerprint density at radius 1 is 1.15 bits per heavy atom. The minimum Gasteiger partial charge on any atom is -0.266 e. The second kappa shape index (κ2) is 4.15. The molecule has 0 saturated heterocycles. The van der Waals surface area contributed by atoms with Gasteiger partial charge in [0.1, 0.15) is 0 Å². The Kier molecular flexibility index (Phi) is 2.91. The van der Waals surface area contributed by atoms with Crippen LogP contribution in [0.1, 0.15) is 6.92 Å². The number of hydrogen-bond donors (Lipinski definition) is 0. The fourth-order valence-corrected chi connectivity index (χ4v) is 0.523. The molecule has 6 nitrogen and oxygen atoms in total. The standard InChI is InChI=1S/C4H4N2O.C3H2N2O/c1-3-2-5-6-4(3)7;6-3-1-2-4-5-3/h2H,1H3;1-2H. The van der Waals surface area contributed by atoms with Crippen LogP contribution in [0.2, 0.25) is 0 Å². The summed E-state index contributed by atoms with van der Waals surface area (Å²) >= 11 is 0. The van der Waals surface area contributed by atoms with Crippen molar-refractivity contribution < 1.29 is 9.59 Å². The predicted molar refractivity (Wildman–Crippen MR) is 42.6 cm³/mol. The molecule has 0 bridgehead atoms. The monoisotopic (exact) mass is 178 g/mol. The molecule has 2 amide bonds. The summed E-state index contributed by atoms with van der Waals surface area (Å²) in [4.78, 5) is 20.1. The first-order valence-corrected chi connectivity index (χ1v) is 3.43. The van der Waals surface area contributed by atoms with Gasteiger partial charge in [-0.05, 0) is 6.92 Å². The molecule has 0 spiro atoms. The van der Waals surface area contributed by atoms with Crippen LogP contribution in [-0.4, -0.2) is 11.8 Å². The van der Waals surface area contributed by atoms with Crippen LogP contribution in [0.5, 0.6) is 0 Å². The lowest BCUT2D eigenvalue weighted by molar-refractivity contribution is -0.114. The average molecular weight is 178 g/mol. The molecule has 2 aliphatic rings. The predicted octanol–water partition coefficient (Wildman–Crippen LogP) is 1.38. The largest absolute Gasteiger partial charge is 0.292 e. The first-order valence-electron chi connectivity index (χ1n) is 3.43. The fourth-order valence-electron chi connectivity index (χ4n) is 0.523. The van der Waals surface area contributed by atoms with E-state index in [9.17, 15) is 9.59 Å². The number of amides is 2. The molecule has 0 aliphatic carbocycles. The maximum Gasteiger partial charge on any atom is 0.292 e. The number of carbonyl (C=O) groups is 2. The Morgan fingerprint density at radius 3 is 2.08 bits per heavy atom. The van der Waals surface area contributed by atoms with Gasteiger partial charge in [0.2, 0.25) is 0 Å². The number of rotatable bonds is 0. The molecule has 0 fully saturated rings. The second-order valence-corrected chi connectivity index (χ2v) is 2.20. The molecule has 0 radical (unpaired) electrons. The molecule has 6 heteroatoms. The highest BCUT2D eigenvalue weighted by molar-refractivity contribution is 5.94. The summed E-state index contributed by atoms with van der Waals surface area (Å²) in [5, 5.41) is 12.9. The van der Waals surface area contributed by atoms with Crippen molar-refractivity contribution >= 4 is 11.8 Å². The molecule has 66 valence electrons. The Balaban J connectivity index is 0.000000132. The van der Waals surface area contributed by atoms with E-state index in [2.05, 4.69) is 20.5 Å². The molecular weight excluding hydrogens is 172 g/mol. The Bertz CT molecular complexity index is 338. The summed E-state index contributed by atoms with van der Waals surface area (Å²) in [5.74, 6) is -0.491. The Morgan fingerprint density at radius 2 is 1.92 bits per heavy atom. The Hall–Kier alpha value is -1.98. The third-order valence-electron chi connectivity index (χ3n) is 1.18. The van der Waals surface area contributed by atoms with E-state index in [0.29, 0.717) is 5.57 Å². The van der Waals surface area contributed by atoms with E-state index in [4.69, 9.17) is 0 Å². The van der Waals surface area contributed by atoms with Crippen LogP contribution in [0.25, 0.3) is 0 Å². The van der Waals surface area contributed by atoms with Crippen LogP contribution in [-0.2, 0) is 9.59 Å². The van der Waals surface area contributed by atoms with Crippen molar-refractivity contribution in [2.75, 3.05) is 0 Å². The van der Waals surface area contributed by atoms with Gasteiger partial charge in [0.15, 0.2) is 0 Å². The van der Waals surface area contributed by atoms with Crippen molar-refractivity contribution in [3.63, 3.8) is 0 Å². The summed E-state index contributed by atoms with van der Waals surface area (Å²) in [5.41, 5.74) is 0.611. The molecule has 0 aromatic carbocycles. The number of nitrogens with zero attached hydrogens (tertiary/aromatic N) is 4. The molecule has 0 N–H and O–H groups in total. The van der Waals surface area contributed by atoms with Crippen LogP contribution in [0.3, 0.4) is 0 Å². The SMILES string of the molecule is CC1=CN=NC1=O.O=C1C=CN=N1. The van der Waals surface area contributed by atoms with Gasteiger partial charge in [0.25, 0.3) is 11.8 Å². The van der Waals surface area contributed by atoms with E-state index >= 15 is 0 Å². The highest BCUT2D eigenvalue weighted by Gasteiger charge is 2.04. The lowest BCUT2D eigenvalue weighted by Gasteiger charge is -1.74. The lowest BCUT2D eigenvalue weighted by Crippen LogP contribution is -1.86. The van der Waals surface area contributed by atoms with E-state index in [1.54, 1.807) is 6.92 Å². The van der Waals surface area contributed by atoms with Gasteiger partial charge in [-0.1, -0.05) is 0 Å². The van der Waals surface area contributed by atoms with Gasteiger partial charge in [-0.25, -0.2) is 0 Å². The van der Waals surface area contributed by atoms with Crippen molar-refractivity contribution in [2.24, 2.45) is 20.5 Å². The molecule has 2 aliphatic heterocycles. The van der Waals surface area contributed by atoms with Gasteiger partial charge in [0, 0.05) is 11.6 Å². The van der Waals surface area contributed by atoms with E-state index in [0.717, 1.165) is 0 Å². The summed E-state index contributed by atoms with van der Waals surface area (Å²) in [6, 6.07) is 0. The van der Waals surface area contributed by atoms with Gasteiger partial charge in [0.05, 0.1) is 12.4 Å². The first-order chi connectivity index (χ1) is 6.20. The highest BCUT2D eigenvalue weighted by Crippen LogP contribution is 2.03. The number of hydrogen-bond acceptors (Lipinski definition) is 4. The maximum atomic E-state index is 10.2. The minimum atomic E-state index is -0.269. The zero-order chi connectivity index (χ0) is 9.68. The van der Waals surface area contributed by atoms with Gasteiger partial charge < -0.3 is 0 Å². The van der Waals surface area contributed by atoms with Crippen molar-refractivity contribution in [2.45, 2.75) is 6.92 Å². The summed E-state index contributed by atoms with van der Waals surface area (Å²) in [6.45, 7) is 1.68. The lowest BCUT2D eigenvalue weighted by atomic mass is 10.3. The quantitative estimate of drug-likeness (QED) is 0.561. The van der Waals surface area contributed by atoms with Gasteiger partial charge in [-0.15, -0.1) is 10.2 Å². The Labute approximate surface area is 73.8 Å². The molecule has 0 saturated carbocycles. The van der Waals surface area contributed by atoms with E-state index in [1.165, 1.54) is 18.5 Å². The van der Waals surface area contributed by atoms with E-state index < -0.39 is 0 Å². The molecular formula is C7H6N4O2. The summed E-state index contributed by atoms with van der Waals surface area (Å²) in [6.07, 6.45) is 4.12. The van der Waals surface area contributed by atoms with Crippen LogP contribution < -0.4 is 0 Å². The fraction of sp³-hybridized carbons (Fsp3) is 0.143. The first kappa shape index (κ1) is 9.11. The summed E-state index contributed by atoms with van der Waals surface area (Å²) < 4.78 is 0. The normalized spacial score (nSPS) is 17.5. The average Bonchev–Trinajstić information content (AvgIpc) is 2.67. The third-order valence-corrected chi connectivity index (χ3v) is 1.18. The van der Waals surface area contributed by atoms with Gasteiger partial charge in [-0.2, -0.15) is 10.2 Å². The molecule has 0 aromatic heterocycles. The van der Waals surface area contributed by atoms with Crippen molar-refractivity contribution in [1.82, 2.24) is 0 Å². The van der Waals surface area contributed by atoms with Crippen LogP contribution in [0.4, 0.5) is 0 Å². The summed E-state index contributed by atoms with van der Waals surface area (Å²) in [7, 11) is 0. The third kappa shape index (κ3) is 2.86. The van der Waals surface area contributed by atoms with Crippen LogP contribution in [0.15, 0.2) is 44.5 Å². The van der Waals surface area contributed by atoms with Crippen molar-refractivity contribution in [3.8, 4) is 0 Å². The van der Waals surface area contributed by atoms with Gasteiger partial charge in [-0.3, -0.25) is 9.59 Å². The van der Waals surface area contributed by atoms with Crippen molar-refractivity contribution in [1.29, 1.82) is 0 Å². The van der Waals surface area contributed by atoms with Crippen LogP contribution in [0, 0.1) is 0 Å². The highest BCUT2D eigenvalue weighted by atomic mass is 16.2. The molecule has 0 aromatic rings. The molecule has 0 unspecified atom stereocenters. The molecule has 2 rings (SSSR count). The molecule has 13 heavy (non-hydrogen) atoms. The number of azo groups is 2. The zero-order valence-electron chi connectivity index (χ0n) is 6.84. The molecule has 2 heterocycles. The van der Waals surface area contributed by atoms with E-state index in [1.807, 2.05) is 0 Å². The van der Waals surface area contributed by atoms with Crippen molar-refractivity contribution in [3.05, 3.63) is 24.0 Å².